The maximum absolute atomic E-state index is 12.5. The molecule has 1 saturated heterocycles. The predicted molar refractivity (Wildman–Crippen MR) is 102 cm³/mol. The van der Waals surface area contributed by atoms with Crippen LogP contribution in [0.15, 0.2) is 35.7 Å². The van der Waals surface area contributed by atoms with E-state index < -0.39 is 0 Å². The standard InChI is InChI=1S/C19H22N4OS/c1-14-4-3-5-17(12-14)23-9-7-22(8-10-23)15(2)18(24)21-19-16(13-20)6-11-25-19/h3-6,11-12,15H,7-10H2,1-2H3,(H,21,24)/t15-/m1/s1. The van der Waals surface area contributed by atoms with Gasteiger partial charge in [0.05, 0.1) is 11.6 Å². The molecule has 6 heteroatoms. The van der Waals surface area contributed by atoms with Crippen LogP contribution in [-0.2, 0) is 4.79 Å². The van der Waals surface area contributed by atoms with Gasteiger partial charge in [-0.3, -0.25) is 9.69 Å². The minimum atomic E-state index is -0.215. The SMILES string of the molecule is Cc1cccc(N2CCN([C@H](C)C(=O)Nc3sccc3C#N)CC2)c1. The molecule has 1 amide bonds. The molecule has 1 aromatic carbocycles. The normalized spacial score (nSPS) is 16.3. The molecule has 1 N–H and O–H groups in total. The van der Waals surface area contributed by atoms with Gasteiger partial charge < -0.3 is 10.2 Å². The van der Waals surface area contributed by atoms with Gasteiger partial charge in [-0.2, -0.15) is 5.26 Å². The summed E-state index contributed by atoms with van der Waals surface area (Å²) in [6, 6.07) is 12.1. The summed E-state index contributed by atoms with van der Waals surface area (Å²) in [7, 11) is 0. The van der Waals surface area contributed by atoms with Gasteiger partial charge in [0.25, 0.3) is 0 Å². The Kier molecular flexibility index (Phi) is 5.37. The van der Waals surface area contributed by atoms with Crippen molar-refractivity contribution < 1.29 is 4.79 Å². The molecule has 1 aliphatic heterocycles. The Bertz CT molecular complexity index is 787. The van der Waals surface area contributed by atoms with E-state index in [2.05, 4.69) is 52.4 Å². The number of hydrogen-bond donors (Lipinski definition) is 1. The number of nitrogens with zero attached hydrogens (tertiary/aromatic N) is 3. The average molecular weight is 354 g/mol. The number of piperazine rings is 1. The summed E-state index contributed by atoms with van der Waals surface area (Å²) >= 11 is 1.38. The molecule has 5 nitrogen and oxygen atoms in total. The van der Waals surface area contributed by atoms with Crippen molar-refractivity contribution in [3.05, 3.63) is 46.8 Å². The highest BCUT2D eigenvalue weighted by Crippen LogP contribution is 2.23. The van der Waals surface area contributed by atoms with Gasteiger partial charge in [0.1, 0.15) is 11.1 Å². The van der Waals surface area contributed by atoms with E-state index in [1.54, 1.807) is 6.07 Å². The Labute approximate surface area is 152 Å². The highest BCUT2D eigenvalue weighted by atomic mass is 32.1. The molecule has 3 rings (SSSR count). The fourth-order valence-corrected chi connectivity index (χ4v) is 3.81. The van der Waals surface area contributed by atoms with Crippen LogP contribution < -0.4 is 10.2 Å². The Hall–Kier alpha value is -2.36. The lowest BCUT2D eigenvalue weighted by Crippen LogP contribution is -2.52. The zero-order valence-corrected chi connectivity index (χ0v) is 15.3. The molecular weight excluding hydrogens is 332 g/mol. The summed E-state index contributed by atoms with van der Waals surface area (Å²) in [6.07, 6.45) is 0. The average Bonchev–Trinajstić information content (AvgIpc) is 3.08. The number of aryl methyl sites for hydroxylation is 1. The van der Waals surface area contributed by atoms with Crippen LogP contribution in [0.3, 0.4) is 0 Å². The van der Waals surface area contributed by atoms with E-state index in [9.17, 15) is 4.79 Å². The number of nitrogens with one attached hydrogen (secondary N) is 1. The largest absolute Gasteiger partial charge is 0.369 e. The van der Waals surface area contributed by atoms with E-state index in [0.29, 0.717) is 10.6 Å². The lowest BCUT2D eigenvalue weighted by atomic mass is 10.1. The van der Waals surface area contributed by atoms with Gasteiger partial charge in [0.2, 0.25) is 5.91 Å². The van der Waals surface area contributed by atoms with Crippen molar-refractivity contribution in [1.82, 2.24) is 4.90 Å². The second kappa shape index (κ2) is 7.68. The van der Waals surface area contributed by atoms with Crippen molar-refractivity contribution in [3.8, 4) is 6.07 Å². The first-order valence-corrected chi connectivity index (χ1v) is 9.30. The van der Waals surface area contributed by atoms with Crippen LogP contribution >= 0.6 is 11.3 Å². The van der Waals surface area contributed by atoms with Gasteiger partial charge in [-0.15, -0.1) is 11.3 Å². The summed E-state index contributed by atoms with van der Waals surface area (Å²) in [5, 5.41) is 14.4. The van der Waals surface area contributed by atoms with E-state index >= 15 is 0 Å². The Morgan fingerprint density at radius 3 is 2.72 bits per heavy atom. The maximum atomic E-state index is 12.5. The second-order valence-electron chi connectivity index (χ2n) is 6.30. The van der Waals surface area contributed by atoms with E-state index in [-0.39, 0.29) is 11.9 Å². The Balaban J connectivity index is 1.57. The number of anilines is 2. The van der Waals surface area contributed by atoms with Crippen LogP contribution in [0.1, 0.15) is 18.1 Å². The van der Waals surface area contributed by atoms with Crippen LogP contribution in [0, 0.1) is 18.3 Å². The third-order valence-electron chi connectivity index (χ3n) is 4.63. The Morgan fingerprint density at radius 2 is 2.04 bits per heavy atom. The molecule has 25 heavy (non-hydrogen) atoms. The number of carbonyl (C=O) groups excluding carboxylic acids is 1. The van der Waals surface area contributed by atoms with Crippen molar-refractivity contribution in [2.75, 3.05) is 36.4 Å². The van der Waals surface area contributed by atoms with Crippen LogP contribution in [0.25, 0.3) is 0 Å². The molecule has 130 valence electrons. The summed E-state index contributed by atoms with van der Waals surface area (Å²) in [5.74, 6) is -0.0528. The van der Waals surface area contributed by atoms with Gasteiger partial charge in [-0.1, -0.05) is 12.1 Å². The lowest BCUT2D eigenvalue weighted by molar-refractivity contribution is -0.120. The van der Waals surface area contributed by atoms with E-state index in [0.717, 1.165) is 26.2 Å². The predicted octanol–water partition coefficient (Wildman–Crippen LogP) is 3.08. The topological polar surface area (TPSA) is 59.4 Å². The van der Waals surface area contributed by atoms with Crippen molar-refractivity contribution in [1.29, 1.82) is 5.26 Å². The third kappa shape index (κ3) is 4.01. The quantitative estimate of drug-likeness (QED) is 0.917. The minimum Gasteiger partial charge on any atom is -0.369 e. The summed E-state index contributed by atoms with van der Waals surface area (Å²) in [6.45, 7) is 7.53. The second-order valence-corrected chi connectivity index (χ2v) is 7.22. The monoisotopic (exact) mass is 354 g/mol. The first-order valence-electron chi connectivity index (χ1n) is 8.42. The van der Waals surface area contributed by atoms with Crippen LogP contribution in [0.5, 0.6) is 0 Å². The molecular formula is C19H22N4OS. The van der Waals surface area contributed by atoms with Gasteiger partial charge in [-0.25, -0.2) is 0 Å². The number of thiophene rings is 1. The van der Waals surface area contributed by atoms with Crippen molar-refractivity contribution in [2.45, 2.75) is 19.9 Å². The third-order valence-corrected chi connectivity index (χ3v) is 5.46. The molecule has 0 saturated carbocycles. The number of carbonyl (C=O) groups is 1. The van der Waals surface area contributed by atoms with Crippen molar-refractivity contribution in [3.63, 3.8) is 0 Å². The number of hydrogen-bond acceptors (Lipinski definition) is 5. The molecule has 1 aliphatic rings. The van der Waals surface area contributed by atoms with Gasteiger partial charge in [-0.05, 0) is 43.0 Å². The highest BCUT2D eigenvalue weighted by molar-refractivity contribution is 7.14. The van der Waals surface area contributed by atoms with E-state index in [4.69, 9.17) is 5.26 Å². The van der Waals surface area contributed by atoms with Crippen molar-refractivity contribution >= 4 is 27.9 Å². The molecule has 2 heterocycles. The smallest absolute Gasteiger partial charge is 0.242 e. The summed E-state index contributed by atoms with van der Waals surface area (Å²) in [5.41, 5.74) is 3.03. The van der Waals surface area contributed by atoms with Gasteiger partial charge in [0.15, 0.2) is 0 Å². The fourth-order valence-electron chi connectivity index (χ4n) is 3.07. The molecule has 0 spiro atoms. The molecule has 1 aromatic heterocycles. The molecule has 0 aliphatic carbocycles. The highest BCUT2D eigenvalue weighted by Gasteiger charge is 2.26. The Morgan fingerprint density at radius 1 is 1.28 bits per heavy atom. The van der Waals surface area contributed by atoms with Crippen LogP contribution in [0.2, 0.25) is 0 Å². The number of amides is 1. The summed E-state index contributed by atoms with van der Waals surface area (Å²) in [4.78, 5) is 17.1. The number of nitriles is 1. The van der Waals surface area contributed by atoms with Crippen LogP contribution in [0.4, 0.5) is 10.7 Å². The van der Waals surface area contributed by atoms with E-state index in [1.165, 1.54) is 22.6 Å². The zero-order valence-electron chi connectivity index (χ0n) is 14.5. The first-order chi connectivity index (χ1) is 12.1. The lowest BCUT2D eigenvalue weighted by Gasteiger charge is -2.38. The first kappa shape index (κ1) is 17.5. The molecule has 1 atom stereocenters. The number of rotatable bonds is 4. The maximum Gasteiger partial charge on any atom is 0.242 e. The zero-order chi connectivity index (χ0) is 17.8. The molecule has 0 radical (unpaired) electrons. The van der Waals surface area contributed by atoms with E-state index in [1.807, 2.05) is 12.3 Å². The fraction of sp³-hybridized carbons (Fsp3) is 0.368. The summed E-state index contributed by atoms with van der Waals surface area (Å²) < 4.78 is 0. The van der Waals surface area contributed by atoms with Crippen LogP contribution in [-0.4, -0.2) is 43.0 Å². The molecule has 0 bridgehead atoms. The van der Waals surface area contributed by atoms with Gasteiger partial charge >= 0.3 is 0 Å². The molecule has 0 unspecified atom stereocenters. The molecule has 2 aromatic rings. The molecule has 1 fully saturated rings. The van der Waals surface area contributed by atoms with Gasteiger partial charge in [0, 0.05) is 31.9 Å². The number of benzene rings is 1. The minimum absolute atomic E-state index is 0.0528. The van der Waals surface area contributed by atoms with Crippen molar-refractivity contribution in [2.24, 2.45) is 0 Å².